The fourth-order valence-electron chi connectivity index (χ4n) is 4.13. The molecule has 0 radical (unpaired) electrons. The summed E-state index contributed by atoms with van der Waals surface area (Å²) in [6.45, 7) is 7.69. The molecule has 1 N–H and O–H groups in total. The lowest BCUT2D eigenvalue weighted by Crippen LogP contribution is -2.44. The highest BCUT2D eigenvalue weighted by atomic mass is 16.5. The Kier molecular flexibility index (Phi) is 6.89. The van der Waals surface area contributed by atoms with Crippen LogP contribution in [-0.4, -0.2) is 41.5 Å². The van der Waals surface area contributed by atoms with E-state index < -0.39 is 0 Å². The number of rotatable bonds is 6. The summed E-state index contributed by atoms with van der Waals surface area (Å²) in [5.74, 6) is 2.01. The highest BCUT2D eigenvalue weighted by molar-refractivity contribution is 5.79. The van der Waals surface area contributed by atoms with Crippen LogP contribution in [0.2, 0.25) is 0 Å². The minimum absolute atomic E-state index is 0.172. The van der Waals surface area contributed by atoms with Crippen molar-refractivity contribution in [1.29, 1.82) is 0 Å². The van der Waals surface area contributed by atoms with Gasteiger partial charge in [0.1, 0.15) is 0 Å². The quantitative estimate of drug-likeness (QED) is 0.846. The molecule has 1 saturated heterocycles. The lowest BCUT2D eigenvalue weighted by atomic mass is 9.86. The van der Waals surface area contributed by atoms with Crippen LogP contribution in [0.15, 0.2) is 18.3 Å². The van der Waals surface area contributed by atoms with Crippen LogP contribution in [0, 0.1) is 11.8 Å². The van der Waals surface area contributed by atoms with E-state index in [-0.39, 0.29) is 11.8 Å². The summed E-state index contributed by atoms with van der Waals surface area (Å²) in [6, 6.07) is 4.45. The molecule has 1 aliphatic heterocycles. The molecule has 0 spiro atoms. The van der Waals surface area contributed by atoms with E-state index in [9.17, 15) is 4.79 Å². The molecule has 1 aliphatic carbocycles. The molecular formula is C21H33N3O2. The van der Waals surface area contributed by atoms with E-state index in [1.54, 1.807) is 6.20 Å². The number of nitrogens with one attached hydrogen (secondary N) is 1. The van der Waals surface area contributed by atoms with Crippen molar-refractivity contribution in [2.75, 3.05) is 19.7 Å². The van der Waals surface area contributed by atoms with Crippen LogP contribution >= 0.6 is 0 Å². The van der Waals surface area contributed by atoms with Gasteiger partial charge in [0.15, 0.2) is 0 Å². The van der Waals surface area contributed by atoms with E-state index in [4.69, 9.17) is 4.74 Å². The zero-order valence-corrected chi connectivity index (χ0v) is 16.2. The summed E-state index contributed by atoms with van der Waals surface area (Å²) in [5.41, 5.74) is 1.13. The lowest BCUT2D eigenvalue weighted by molar-refractivity contribution is -0.127. The highest BCUT2D eigenvalue weighted by Gasteiger charge is 2.28. The zero-order chi connectivity index (χ0) is 18.4. The van der Waals surface area contributed by atoms with Crippen molar-refractivity contribution in [1.82, 2.24) is 15.2 Å². The maximum Gasteiger partial charge on any atom is 0.223 e. The zero-order valence-electron chi connectivity index (χ0n) is 16.2. The van der Waals surface area contributed by atoms with Gasteiger partial charge in [-0.1, -0.05) is 13.0 Å². The summed E-state index contributed by atoms with van der Waals surface area (Å²) >= 11 is 0. The third-order valence-electron chi connectivity index (χ3n) is 5.85. The minimum atomic E-state index is 0.172. The summed E-state index contributed by atoms with van der Waals surface area (Å²) in [6.07, 6.45) is 8.45. The molecule has 0 aromatic carbocycles. The van der Waals surface area contributed by atoms with Crippen LogP contribution in [0.1, 0.15) is 57.9 Å². The third kappa shape index (κ3) is 5.19. The van der Waals surface area contributed by atoms with Crippen molar-refractivity contribution < 1.29 is 9.53 Å². The van der Waals surface area contributed by atoms with E-state index in [0.29, 0.717) is 12.6 Å². The molecule has 144 valence electrons. The fourth-order valence-corrected chi connectivity index (χ4v) is 4.13. The molecular weight excluding hydrogens is 326 g/mol. The van der Waals surface area contributed by atoms with Crippen molar-refractivity contribution in [3.63, 3.8) is 0 Å². The second-order valence-electron chi connectivity index (χ2n) is 7.92. The first-order chi connectivity index (χ1) is 12.7. The van der Waals surface area contributed by atoms with Crippen molar-refractivity contribution in [3.05, 3.63) is 23.9 Å². The number of aromatic nitrogens is 1. The molecule has 1 aromatic rings. The van der Waals surface area contributed by atoms with E-state index >= 15 is 0 Å². The van der Waals surface area contributed by atoms with Crippen LogP contribution in [0.3, 0.4) is 0 Å². The molecule has 2 aliphatic rings. The van der Waals surface area contributed by atoms with Gasteiger partial charge in [0.2, 0.25) is 11.8 Å². The van der Waals surface area contributed by atoms with Gasteiger partial charge in [-0.05, 0) is 70.5 Å². The normalized spacial score (nSPS) is 25.0. The Labute approximate surface area is 157 Å². The van der Waals surface area contributed by atoms with Gasteiger partial charge in [0, 0.05) is 30.3 Å². The Hall–Kier alpha value is -1.62. The molecule has 5 nitrogen and oxygen atoms in total. The van der Waals surface area contributed by atoms with Gasteiger partial charge < -0.3 is 10.1 Å². The molecule has 26 heavy (non-hydrogen) atoms. The predicted molar refractivity (Wildman–Crippen MR) is 103 cm³/mol. The maximum absolute atomic E-state index is 12.6. The molecule has 0 bridgehead atoms. The van der Waals surface area contributed by atoms with Crippen LogP contribution in [0.4, 0.5) is 0 Å². The Morgan fingerprint density at radius 3 is 2.65 bits per heavy atom. The van der Waals surface area contributed by atoms with Gasteiger partial charge in [-0.25, -0.2) is 4.98 Å². The van der Waals surface area contributed by atoms with E-state index in [1.807, 2.05) is 13.0 Å². The number of piperidine rings is 1. The van der Waals surface area contributed by atoms with Gasteiger partial charge in [-0.3, -0.25) is 9.69 Å². The number of ether oxygens (including phenoxy) is 1. The average Bonchev–Trinajstić information content (AvgIpc) is 2.66. The van der Waals surface area contributed by atoms with Crippen LogP contribution in [-0.2, 0) is 11.3 Å². The number of carbonyl (C=O) groups is 1. The van der Waals surface area contributed by atoms with Gasteiger partial charge in [-0.15, -0.1) is 0 Å². The minimum Gasteiger partial charge on any atom is -0.478 e. The fraction of sp³-hybridized carbons (Fsp3) is 0.714. The first-order valence-corrected chi connectivity index (χ1v) is 10.2. The SMILES string of the molecule is CCOc1ncccc1CN1CCC(C(=O)NC2CCC(C)CC2)CC1. The van der Waals surface area contributed by atoms with E-state index in [1.165, 1.54) is 12.8 Å². The Morgan fingerprint density at radius 1 is 1.23 bits per heavy atom. The Balaban J connectivity index is 1.45. The molecule has 0 unspecified atom stereocenters. The summed E-state index contributed by atoms with van der Waals surface area (Å²) < 4.78 is 5.63. The first kappa shape index (κ1) is 19.2. The second kappa shape index (κ2) is 9.36. The standard InChI is InChI=1S/C21H33N3O2/c1-3-26-21-18(5-4-12-22-21)15-24-13-10-17(11-14-24)20(25)23-19-8-6-16(2)7-9-19/h4-5,12,16-17,19H,3,6-11,13-15H2,1-2H3,(H,23,25). The summed E-state index contributed by atoms with van der Waals surface area (Å²) in [4.78, 5) is 19.3. The molecule has 2 heterocycles. The molecule has 2 fully saturated rings. The summed E-state index contributed by atoms with van der Waals surface area (Å²) in [5, 5.41) is 3.31. The predicted octanol–water partition coefficient (Wildman–Crippen LogP) is 3.39. The van der Waals surface area contributed by atoms with Gasteiger partial charge >= 0.3 is 0 Å². The first-order valence-electron chi connectivity index (χ1n) is 10.2. The number of nitrogens with zero attached hydrogens (tertiary/aromatic N) is 2. The lowest BCUT2D eigenvalue weighted by Gasteiger charge is -2.33. The molecule has 1 saturated carbocycles. The monoisotopic (exact) mass is 359 g/mol. The Morgan fingerprint density at radius 2 is 1.96 bits per heavy atom. The van der Waals surface area contributed by atoms with Crippen LogP contribution < -0.4 is 10.1 Å². The number of hydrogen-bond donors (Lipinski definition) is 1. The number of carbonyl (C=O) groups excluding carboxylic acids is 1. The van der Waals surface area contributed by atoms with E-state index in [2.05, 4.69) is 28.2 Å². The Bertz CT molecular complexity index is 576. The second-order valence-corrected chi connectivity index (χ2v) is 7.92. The number of pyridine rings is 1. The van der Waals surface area contributed by atoms with Crippen molar-refractivity contribution in [2.24, 2.45) is 11.8 Å². The third-order valence-corrected chi connectivity index (χ3v) is 5.85. The van der Waals surface area contributed by atoms with Crippen molar-refractivity contribution in [2.45, 2.75) is 65.0 Å². The smallest absolute Gasteiger partial charge is 0.223 e. The number of amides is 1. The molecule has 1 aromatic heterocycles. The average molecular weight is 360 g/mol. The highest BCUT2D eigenvalue weighted by Crippen LogP contribution is 2.25. The molecule has 0 atom stereocenters. The van der Waals surface area contributed by atoms with Crippen molar-refractivity contribution in [3.8, 4) is 5.88 Å². The maximum atomic E-state index is 12.6. The largest absolute Gasteiger partial charge is 0.478 e. The van der Waals surface area contributed by atoms with Gasteiger partial charge in [-0.2, -0.15) is 0 Å². The van der Waals surface area contributed by atoms with Crippen molar-refractivity contribution >= 4 is 5.91 Å². The molecule has 3 rings (SSSR count). The molecule has 5 heteroatoms. The van der Waals surface area contributed by atoms with Crippen LogP contribution in [0.25, 0.3) is 0 Å². The van der Waals surface area contributed by atoms with Gasteiger partial charge in [0.25, 0.3) is 0 Å². The topological polar surface area (TPSA) is 54.5 Å². The number of likely N-dealkylation sites (tertiary alicyclic amines) is 1. The van der Waals surface area contributed by atoms with Gasteiger partial charge in [0.05, 0.1) is 6.61 Å². The number of hydrogen-bond acceptors (Lipinski definition) is 4. The van der Waals surface area contributed by atoms with Crippen LogP contribution in [0.5, 0.6) is 5.88 Å². The summed E-state index contributed by atoms with van der Waals surface area (Å²) in [7, 11) is 0. The molecule has 1 amide bonds. The van der Waals surface area contributed by atoms with E-state index in [0.717, 1.165) is 62.7 Å².